The minimum atomic E-state index is -2.70. The Labute approximate surface area is 115 Å². The highest BCUT2D eigenvalue weighted by molar-refractivity contribution is 14.1. The van der Waals surface area contributed by atoms with Crippen molar-refractivity contribution in [3.63, 3.8) is 0 Å². The first-order valence-corrected chi connectivity index (χ1v) is 7.31. The van der Waals surface area contributed by atoms with E-state index in [1.807, 2.05) is 0 Å². The Morgan fingerprint density at radius 1 is 1.18 bits per heavy atom. The molecule has 0 N–H and O–H groups in total. The quantitative estimate of drug-likeness (QED) is 0.416. The van der Waals surface area contributed by atoms with E-state index in [-0.39, 0.29) is 12.0 Å². The average molecular weight is 353 g/mol. The molecule has 0 aliphatic carbocycles. The van der Waals surface area contributed by atoms with Crippen LogP contribution in [0.5, 0.6) is 0 Å². The molecule has 0 saturated heterocycles. The molecule has 96 valence electrons. The van der Waals surface area contributed by atoms with Gasteiger partial charge in [0, 0.05) is 18.5 Å². The normalized spacial score (nSPS) is 12.1. The highest BCUT2D eigenvalue weighted by Gasteiger charge is 2.28. The molecule has 0 aliphatic heterocycles. The van der Waals surface area contributed by atoms with Gasteiger partial charge in [0.2, 0.25) is 0 Å². The number of halogens is 3. The second kappa shape index (κ2) is 6.64. The van der Waals surface area contributed by atoms with Crippen LogP contribution >= 0.6 is 22.6 Å². The summed E-state index contributed by atoms with van der Waals surface area (Å²) in [5.41, 5.74) is 1.19. The molecule has 0 atom stereocenters. The summed E-state index contributed by atoms with van der Waals surface area (Å²) in [6.45, 7) is 5.38. The van der Waals surface area contributed by atoms with Gasteiger partial charge in [0.25, 0.3) is 5.92 Å². The third-order valence-corrected chi connectivity index (χ3v) is 3.81. The lowest BCUT2D eigenvalue weighted by Gasteiger charge is -2.18. The van der Waals surface area contributed by atoms with Crippen LogP contribution in [0.2, 0.25) is 0 Å². The Morgan fingerprint density at radius 2 is 1.76 bits per heavy atom. The number of alkyl halides is 3. The van der Waals surface area contributed by atoms with Gasteiger partial charge >= 0.3 is 0 Å². The van der Waals surface area contributed by atoms with E-state index < -0.39 is 5.92 Å². The van der Waals surface area contributed by atoms with Crippen LogP contribution < -0.4 is 0 Å². The van der Waals surface area contributed by atoms with Crippen molar-refractivity contribution >= 4 is 22.6 Å². The fourth-order valence-electron chi connectivity index (χ4n) is 1.55. The molecule has 0 unspecified atom stereocenters. The molecule has 0 aliphatic rings. The molecule has 0 spiro atoms. The summed E-state index contributed by atoms with van der Waals surface area (Å²) < 4.78 is 27.7. The van der Waals surface area contributed by atoms with Gasteiger partial charge in [-0.05, 0) is 12.1 Å². The van der Waals surface area contributed by atoms with E-state index in [4.69, 9.17) is 0 Å². The second-order valence-electron chi connectivity index (χ2n) is 4.02. The number of hydrogen-bond donors (Lipinski definition) is 0. The van der Waals surface area contributed by atoms with Gasteiger partial charge in [-0.15, -0.1) is 0 Å². The first kappa shape index (κ1) is 14.8. The van der Waals surface area contributed by atoms with Crippen molar-refractivity contribution < 1.29 is 8.78 Å². The first-order valence-electron chi connectivity index (χ1n) is 5.79. The molecule has 0 heterocycles. The summed E-state index contributed by atoms with van der Waals surface area (Å²) in [6.07, 6.45) is -0.152. The second-order valence-corrected chi connectivity index (χ2v) is 4.70. The van der Waals surface area contributed by atoms with Gasteiger partial charge in [0.1, 0.15) is 0 Å². The van der Waals surface area contributed by atoms with Crippen LogP contribution in [0.3, 0.4) is 0 Å². The molecule has 0 fully saturated rings. The third kappa shape index (κ3) is 4.17. The lowest BCUT2D eigenvalue weighted by Crippen LogP contribution is -2.20. The van der Waals surface area contributed by atoms with Gasteiger partial charge in [0.15, 0.2) is 0 Å². The Balaban J connectivity index is 2.74. The molecule has 0 amide bonds. The summed E-state index contributed by atoms with van der Waals surface area (Å²) >= 11 is 2.31. The standard InChI is InChI=1S/C13H18F2IN/c1-3-13(14,15)12-7-5-11(6-8-12)9-17(4-2)10-16/h5-8H,3-4,9-10H2,1-2H3. The van der Waals surface area contributed by atoms with Crippen molar-refractivity contribution in [1.82, 2.24) is 4.90 Å². The van der Waals surface area contributed by atoms with Gasteiger partial charge in [-0.3, -0.25) is 4.90 Å². The Hall–Kier alpha value is -0.230. The summed E-state index contributed by atoms with van der Waals surface area (Å²) in [5.74, 6) is -2.70. The number of hydrogen-bond acceptors (Lipinski definition) is 1. The van der Waals surface area contributed by atoms with Gasteiger partial charge in [-0.25, -0.2) is 8.78 Å². The van der Waals surface area contributed by atoms with E-state index in [0.29, 0.717) is 0 Å². The molecule has 4 heteroatoms. The zero-order valence-corrected chi connectivity index (χ0v) is 12.4. The minimum Gasteiger partial charge on any atom is -0.290 e. The summed E-state index contributed by atoms with van der Waals surface area (Å²) in [4.78, 5) is 2.24. The molecular formula is C13H18F2IN. The minimum absolute atomic E-state index is 0.112. The maximum absolute atomic E-state index is 13.4. The molecule has 0 aromatic heterocycles. The fourth-order valence-corrected chi connectivity index (χ4v) is 2.28. The van der Waals surface area contributed by atoms with E-state index in [1.165, 1.54) is 6.92 Å². The van der Waals surface area contributed by atoms with Crippen molar-refractivity contribution in [2.45, 2.75) is 32.7 Å². The van der Waals surface area contributed by atoms with Gasteiger partial charge in [0.05, 0.1) is 4.55 Å². The molecule has 1 aromatic rings. The number of benzene rings is 1. The maximum atomic E-state index is 13.4. The zero-order chi connectivity index (χ0) is 12.9. The topological polar surface area (TPSA) is 3.24 Å². The van der Waals surface area contributed by atoms with E-state index >= 15 is 0 Å². The van der Waals surface area contributed by atoms with E-state index in [9.17, 15) is 8.78 Å². The molecule has 0 saturated carbocycles. The van der Waals surface area contributed by atoms with Gasteiger partial charge in [-0.1, -0.05) is 60.7 Å². The van der Waals surface area contributed by atoms with Crippen LogP contribution in [0.15, 0.2) is 24.3 Å². The van der Waals surface area contributed by atoms with Crippen LogP contribution in [0.25, 0.3) is 0 Å². The van der Waals surface area contributed by atoms with Crippen LogP contribution in [0.4, 0.5) is 8.78 Å². The lowest BCUT2D eigenvalue weighted by atomic mass is 10.0. The first-order chi connectivity index (χ1) is 8.03. The van der Waals surface area contributed by atoms with Crippen LogP contribution in [-0.4, -0.2) is 16.0 Å². The summed E-state index contributed by atoms with van der Waals surface area (Å²) in [5, 5.41) is 0. The third-order valence-electron chi connectivity index (χ3n) is 2.84. The van der Waals surface area contributed by atoms with Crippen LogP contribution in [0, 0.1) is 0 Å². The number of nitrogens with zero attached hydrogens (tertiary/aromatic N) is 1. The predicted octanol–water partition coefficient (Wildman–Crippen LogP) is 4.40. The lowest BCUT2D eigenvalue weighted by molar-refractivity contribution is -0.00830. The molecule has 1 nitrogen and oxygen atoms in total. The molecule has 17 heavy (non-hydrogen) atoms. The fraction of sp³-hybridized carbons (Fsp3) is 0.538. The molecule has 1 aromatic carbocycles. The summed E-state index contributed by atoms with van der Waals surface area (Å²) in [7, 11) is 0. The Kier molecular flexibility index (Phi) is 5.79. The largest absolute Gasteiger partial charge is 0.290 e. The van der Waals surface area contributed by atoms with Crippen LogP contribution in [0.1, 0.15) is 31.4 Å². The van der Waals surface area contributed by atoms with Gasteiger partial charge < -0.3 is 0 Å². The maximum Gasteiger partial charge on any atom is 0.273 e. The van der Waals surface area contributed by atoms with Gasteiger partial charge in [-0.2, -0.15) is 0 Å². The SMILES string of the molecule is CCN(CI)Cc1ccc(C(F)(F)CC)cc1. The molecular weight excluding hydrogens is 335 g/mol. The monoisotopic (exact) mass is 353 g/mol. The van der Waals surface area contributed by atoms with Crippen molar-refractivity contribution in [2.24, 2.45) is 0 Å². The predicted molar refractivity (Wildman–Crippen MR) is 75.6 cm³/mol. The molecule has 0 radical (unpaired) electrons. The van der Waals surface area contributed by atoms with Crippen LogP contribution in [-0.2, 0) is 12.5 Å². The summed E-state index contributed by atoms with van der Waals surface area (Å²) in [6, 6.07) is 6.68. The zero-order valence-electron chi connectivity index (χ0n) is 10.2. The Morgan fingerprint density at radius 3 is 2.18 bits per heavy atom. The van der Waals surface area contributed by atoms with E-state index in [1.54, 1.807) is 24.3 Å². The Bertz CT molecular complexity index is 334. The van der Waals surface area contributed by atoms with Crippen molar-refractivity contribution in [1.29, 1.82) is 0 Å². The smallest absolute Gasteiger partial charge is 0.273 e. The van der Waals surface area contributed by atoms with E-state index in [2.05, 4.69) is 34.4 Å². The number of rotatable bonds is 6. The van der Waals surface area contributed by atoms with Crippen molar-refractivity contribution in [3.05, 3.63) is 35.4 Å². The van der Waals surface area contributed by atoms with Crippen molar-refractivity contribution in [2.75, 3.05) is 11.1 Å². The highest BCUT2D eigenvalue weighted by Crippen LogP contribution is 2.31. The molecule has 0 bridgehead atoms. The average Bonchev–Trinajstić information content (AvgIpc) is 2.36. The molecule has 1 rings (SSSR count). The van der Waals surface area contributed by atoms with Crippen molar-refractivity contribution in [3.8, 4) is 0 Å². The highest BCUT2D eigenvalue weighted by atomic mass is 127. The van der Waals surface area contributed by atoms with E-state index in [0.717, 1.165) is 23.2 Å².